The molecule has 1 N–H and O–H groups in total. The molecule has 3 heterocycles. The number of piperidine rings is 1. The second-order valence-electron chi connectivity index (χ2n) is 7.60. The minimum Gasteiger partial charge on any atom is -0.459 e. The number of Topliss-reactive ketones (excluding diaryl/α,β-unsaturated/α-hetero) is 1. The van der Waals surface area contributed by atoms with E-state index in [-0.39, 0.29) is 40.6 Å². The summed E-state index contributed by atoms with van der Waals surface area (Å²) >= 11 is 0.888. The number of carbonyl (C=O) groups is 4. The van der Waals surface area contributed by atoms with Crippen LogP contribution in [-0.4, -0.2) is 55.1 Å². The number of hydrogen-bond donors (Lipinski definition) is 1. The molecule has 2 atom stereocenters. The van der Waals surface area contributed by atoms with Crippen LogP contribution in [0.2, 0.25) is 0 Å². The van der Waals surface area contributed by atoms with E-state index in [4.69, 9.17) is 4.42 Å². The Balaban J connectivity index is 1.64. The number of carbonyl (C=O) groups excluding carboxylic acids is 4. The van der Waals surface area contributed by atoms with Crippen molar-refractivity contribution in [3.8, 4) is 0 Å². The van der Waals surface area contributed by atoms with E-state index in [0.29, 0.717) is 5.56 Å². The molecule has 0 saturated carbocycles. The van der Waals surface area contributed by atoms with Gasteiger partial charge in [0.15, 0.2) is 17.2 Å². The number of nitrogens with zero attached hydrogens (tertiary/aromatic N) is 1. The number of ketones is 1. The summed E-state index contributed by atoms with van der Waals surface area (Å²) < 4.78 is 43.0. The summed E-state index contributed by atoms with van der Waals surface area (Å²) in [4.78, 5) is 49.2. The van der Waals surface area contributed by atoms with Crippen molar-refractivity contribution in [3.05, 3.63) is 29.8 Å². The normalized spacial score (nSPS) is 22.5. The molecule has 4 rings (SSSR count). The molecule has 9 nitrogen and oxygen atoms in total. The third kappa shape index (κ3) is 4.35. The Labute approximate surface area is 180 Å². The average molecular weight is 468 g/mol. The molecule has 0 spiro atoms. The van der Waals surface area contributed by atoms with Gasteiger partial charge in [-0.25, -0.2) is 12.8 Å². The molecule has 3 amide bonds. The van der Waals surface area contributed by atoms with Crippen molar-refractivity contribution >= 4 is 61.1 Å². The number of benzene rings is 1. The van der Waals surface area contributed by atoms with Gasteiger partial charge in [-0.3, -0.25) is 29.4 Å². The molecule has 2 aliphatic rings. The zero-order valence-corrected chi connectivity index (χ0v) is 17.8. The number of amides is 3. The Morgan fingerprint density at radius 3 is 2.68 bits per heavy atom. The molecular weight excluding hydrogens is 451 g/mol. The van der Waals surface area contributed by atoms with Crippen molar-refractivity contribution in [2.75, 3.05) is 23.5 Å². The van der Waals surface area contributed by atoms with E-state index in [1.54, 1.807) is 0 Å². The lowest BCUT2D eigenvalue weighted by atomic mass is 9.89. The lowest BCUT2D eigenvalue weighted by molar-refractivity contribution is -0.143. The average Bonchev–Trinajstić information content (AvgIpc) is 3.20. The quantitative estimate of drug-likeness (QED) is 0.515. The summed E-state index contributed by atoms with van der Waals surface area (Å²) in [6.07, 6.45) is 1.77. The van der Waals surface area contributed by atoms with Gasteiger partial charge in [-0.2, -0.15) is 0 Å². The summed E-state index contributed by atoms with van der Waals surface area (Å²) in [5.41, 5.74) is 0.499. The van der Waals surface area contributed by atoms with E-state index in [0.717, 1.165) is 24.1 Å². The summed E-state index contributed by atoms with van der Waals surface area (Å²) in [6.45, 7) is 0.114. The van der Waals surface area contributed by atoms with E-state index in [9.17, 15) is 32.0 Å². The lowest BCUT2D eigenvalue weighted by Crippen LogP contribution is -2.46. The van der Waals surface area contributed by atoms with Crippen molar-refractivity contribution < 1.29 is 36.4 Å². The fourth-order valence-corrected chi connectivity index (χ4v) is 6.35. The number of hydrogen-bond acceptors (Lipinski definition) is 8. The lowest BCUT2D eigenvalue weighted by Gasteiger charge is -2.20. The number of nitrogens with one attached hydrogen (secondary N) is 1. The van der Waals surface area contributed by atoms with Gasteiger partial charge in [-0.15, -0.1) is 0 Å². The van der Waals surface area contributed by atoms with Crippen LogP contribution in [0.3, 0.4) is 0 Å². The van der Waals surface area contributed by atoms with Crippen LogP contribution in [0.4, 0.5) is 14.9 Å². The number of imide groups is 1. The second kappa shape index (κ2) is 7.75. The van der Waals surface area contributed by atoms with Crippen LogP contribution in [0.25, 0.3) is 11.0 Å². The summed E-state index contributed by atoms with van der Waals surface area (Å²) in [6, 6.07) is 2.66. The highest BCUT2D eigenvalue weighted by Crippen LogP contribution is 2.38. The zero-order valence-electron chi connectivity index (χ0n) is 16.2. The van der Waals surface area contributed by atoms with Gasteiger partial charge in [0, 0.05) is 23.4 Å². The van der Waals surface area contributed by atoms with Gasteiger partial charge in [0.05, 0.1) is 17.9 Å². The number of fused-ring (bicyclic) bond motifs is 1. The number of halogens is 1. The highest BCUT2D eigenvalue weighted by atomic mass is 32.2. The largest absolute Gasteiger partial charge is 0.459 e. The predicted molar refractivity (Wildman–Crippen MR) is 110 cm³/mol. The molecule has 1 aromatic heterocycles. The Kier molecular flexibility index (Phi) is 5.38. The van der Waals surface area contributed by atoms with Crippen LogP contribution in [0.15, 0.2) is 22.8 Å². The Hall–Kier alpha value is -2.73. The third-order valence-corrected chi connectivity index (χ3v) is 7.35. The maximum atomic E-state index is 14.6. The van der Waals surface area contributed by atoms with Crippen molar-refractivity contribution in [2.45, 2.75) is 18.1 Å². The smallest absolute Gasteiger partial charge is 0.286 e. The molecule has 0 radical (unpaired) electrons. The van der Waals surface area contributed by atoms with Gasteiger partial charge >= 0.3 is 0 Å². The molecule has 2 aromatic rings. The minimum atomic E-state index is -3.29. The van der Waals surface area contributed by atoms with Gasteiger partial charge < -0.3 is 4.42 Å². The summed E-state index contributed by atoms with van der Waals surface area (Å²) in [5.74, 6) is -3.97. The Morgan fingerprint density at radius 2 is 2.00 bits per heavy atom. The molecule has 164 valence electrons. The fourth-order valence-electron chi connectivity index (χ4n) is 3.75. The van der Waals surface area contributed by atoms with Crippen molar-refractivity contribution in [2.24, 2.45) is 5.92 Å². The highest BCUT2D eigenvalue weighted by Gasteiger charge is 2.37. The van der Waals surface area contributed by atoms with Gasteiger partial charge in [0.1, 0.15) is 22.0 Å². The van der Waals surface area contributed by atoms with E-state index in [2.05, 4.69) is 5.32 Å². The Bertz CT molecular complexity index is 1220. The fraction of sp³-hybridized carbons (Fsp3) is 0.368. The van der Waals surface area contributed by atoms with Gasteiger partial charge in [0.25, 0.3) is 5.24 Å². The first-order valence-corrected chi connectivity index (χ1v) is 12.2. The van der Waals surface area contributed by atoms with Crippen molar-refractivity contribution in [1.82, 2.24) is 5.32 Å². The number of rotatable bonds is 5. The first-order chi connectivity index (χ1) is 14.5. The van der Waals surface area contributed by atoms with Crippen molar-refractivity contribution in [1.29, 1.82) is 0 Å². The first kappa shape index (κ1) is 21.5. The number of sulfone groups is 1. The van der Waals surface area contributed by atoms with E-state index in [1.807, 2.05) is 0 Å². The van der Waals surface area contributed by atoms with E-state index in [1.165, 1.54) is 17.2 Å². The molecule has 2 saturated heterocycles. The number of furan rings is 1. The monoisotopic (exact) mass is 468 g/mol. The molecule has 1 aromatic carbocycles. The molecule has 31 heavy (non-hydrogen) atoms. The standard InChI is InChI=1S/C19H17FN2O7S2/c1-31(27,28)8-10-6-22(19(26)30-10)14-7-29-17-11(14)2-9(4-13(17)20)3-12-15(23)5-16(24)21-18(12)25/h2,4,7,10,12H,3,5-6,8H2,1H3,(H,21,24,25)/t10-,12?/m1/s1. The molecule has 0 bridgehead atoms. The van der Waals surface area contributed by atoms with Crippen molar-refractivity contribution in [3.63, 3.8) is 0 Å². The molecule has 0 aliphatic carbocycles. The maximum absolute atomic E-state index is 14.6. The molecular formula is C19H17FN2O7S2. The van der Waals surface area contributed by atoms with Crippen LogP contribution in [0.1, 0.15) is 12.0 Å². The SMILES string of the molecule is CS(=O)(=O)C[C@H]1CN(c2coc3c(F)cc(CC4C(=O)CC(=O)NC4=O)cc23)C(=O)S1. The Morgan fingerprint density at radius 1 is 1.26 bits per heavy atom. The zero-order chi connectivity index (χ0) is 22.5. The summed E-state index contributed by atoms with van der Waals surface area (Å²) in [7, 11) is -3.29. The predicted octanol–water partition coefficient (Wildman–Crippen LogP) is 1.43. The molecule has 1 unspecified atom stereocenters. The highest BCUT2D eigenvalue weighted by molar-refractivity contribution is 8.15. The topological polar surface area (TPSA) is 131 Å². The third-order valence-electron chi connectivity index (χ3n) is 5.06. The van der Waals surface area contributed by atoms with Gasteiger partial charge in [-0.05, 0) is 24.1 Å². The van der Waals surface area contributed by atoms with E-state index < -0.39 is 50.8 Å². The minimum absolute atomic E-state index is 0.0993. The molecule has 12 heteroatoms. The first-order valence-electron chi connectivity index (χ1n) is 9.23. The second-order valence-corrected chi connectivity index (χ2v) is 11.0. The van der Waals surface area contributed by atoms with Crippen LogP contribution in [-0.2, 0) is 30.6 Å². The van der Waals surface area contributed by atoms with Crippen LogP contribution in [0.5, 0.6) is 0 Å². The van der Waals surface area contributed by atoms with Gasteiger partial charge in [-0.1, -0.05) is 11.8 Å². The molecule has 2 fully saturated rings. The summed E-state index contributed by atoms with van der Waals surface area (Å²) in [5, 5.41) is 1.51. The van der Waals surface area contributed by atoms with E-state index >= 15 is 0 Å². The number of thioether (sulfide) groups is 1. The number of anilines is 1. The van der Waals surface area contributed by atoms with Crippen LogP contribution >= 0.6 is 11.8 Å². The molecule has 2 aliphatic heterocycles. The maximum Gasteiger partial charge on any atom is 0.286 e. The van der Waals surface area contributed by atoms with Crippen LogP contribution < -0.4 is 10.2 Å². The van der Waals surface area contributed by atoms with Gasteiger partial charge in [0.2, 0.25) is 11.8 Å². The van der Waals surface area contributed by atoms with Crippen LogP contribution in [0, 0.1) is 11.7 Å².